The van der Waals surface area contributed by atoms with Gasteiger partial charge >= 0.3 is 0 Å². The Morgan fingerprint density at radius 3 is 2.80 bits per heavy atom. The van der Waals surface area contributed by atoms with Crippen molar-refractivity contribution in [2.24, 2.45) is 5.73 Å². The van der Waals surface area contributed by atoms with Gasteiger partial charge in [0.2, 0.25) is 5.78 Å². The van der Waals surface area contributed by atoms with Gasteiger partial charge < -0.3 is 10.5 Å². The Kier molecular flexibility index (Phi) is 2.27. The maximum Gasteiger partial charge on any atom is 0.209 e. The molecule has 1 heterocycles. The Morgan fingerprint density at radius 1 is 1.47 bits per heavy atom. The van der Waals surface area contributed by atoms with Gasteiger partial charge in [-0.05, 0) is 31.0 Å². The molecule has 0 saturated heterocycles. The van der Waals surface area contributed by atoms with Crippen molar-refractivity contribution < 1.29 is 9.53 Å². The van der Waals surface area contributed by atoms with Gasteiger partial charge in [0, 0.05) is 6.54 Å². The molecule has 3 heteroatoms. The van der Waals surface area contributed by atoms with Crippen LogP contribution < -0.4 is 10.5 Å². The number of nitrogens with two attached hydrogens (primary N) is 1. The molecule has 0 fully saturated rings. The lowest BCUT2D eigenvalue weighted by molar-refractivity contribution is 0.0614. The summed E-state index contributed by atoms with van der Waals surface area (Å²) in [6.45, 7) is 4.25. The Balaban J connectivity index is 2.45. The fourth-order valence-electron chi connectivity index (χ4n) is 1.77. The number of carbonyl (C=O) groups excluding carboxylic acids is 1. The molecule has 1 aromatic rings. The van der Waals surface area contributed by atoms with Crippen molar-refractivity contribution in [1.82, 2.24) is 0 Å². The van der Waals surface area contributed by atoms with Crippen LogP contribution in [0.15, 0.2) is 18.2 Å². The summed E-state index contributed by atoms with van der Waals surface area (Å²) in [5.74, 6) is 0.746. The Hall–Kier alpha value is -1.35. The lowest BCUT2D eigenvalue weighted by Gasteiger charge is -2.19. The summed E-state index contributed by atoms with van der Waals surface area (Å²) < 4.78 is 5.69. The van der Waals surface area contributed by atoms with E-state index in [9.17, 15) is 4.79 Å². The highest BCUT2D eigenvalue weighted by Crippen LogP contribution is 2.37. The van der Waals surface area contributed by atoms with Crippen molar-refractivity contribution >= 4 is 5.78 Å². The van der Waals surface area contributed by atoms with Gasteiger partial charge in [-0.15, -0.1) is 0 Å². The Labute approximate surface area is 89.2 Å². The van der Waals surface area contributed by atoms with Gasteiger partial charge in [-0.1, -0.05) is 13.0 Å². The summed E-state index contributed by atoms with van der Waals surface area (Å²) in [5.41, 5.74) is 6.52. The first-order chi connectivity index (χ1) is 7.10. The number of hydrogen-bond donors (Lipinski definition) is 1. The minimum absolute atomic E-state index is 0.0728. The number of fused-ring (bicyclic) bond motifs is 1. The second-order valence-corrected chi connectivity index (χ2v) is 4.05. The summed E-state index contributed by atoms with van der Waals surface area (Å²) >= 11 is 0. The first kappa shape index (κ1) is 10.2. The second-order valence-electron chi connectivity index (χ2n) is 4.05. The molecule has 80 valence electrons. The van der Waals surface area contributed by atoms with Crippen molar-refractivity contribution in [3.8, 4) is 5.75 Å². The lowest BCUT2D eigenvalue weighted by Crippen LogP contribution is -2.35. The minimum atomic E-state index is -0.685. The van der Waals surface area contributed by atoms with Crippen LogP contribution in [0.1, 0.15) is 36.2 Å². The molecule has 1 aliphatic rings. The number of ether oxygens (including phenoxy) is 1. The number of Topliss-reactive ketones (excluding diaryl/α,β-unsaturated/α-hetero) is 1. The number of rotatable bonds is 2. The quantitative estimate of drug-likeness (QED) is 0.802. The molecule has 0 aromatic heterocycles. The standard InChI is InChI=1S/C12H15NO2/c1-3-12(2)11(14)9-5-4-8(7-13)6-10(9)15-12/h4-6H,3,7,13H2,1-2H3. The van der Waals surface area contributed by atoms with Crippen molar-refractivity contribution in [1.29, 1.82) is 0 Å². The van der Waals surface area contributed by atoms with Gasteiger partial charge in [-0.25, -0.2) is 0 Å². The highest BCUT2D eigenvalue weighted by atomic mass is 16.5. The van der Waals surface area contributed by atoms with E-state index in [1.165, 1.54) is 0 Å². The number of benzene rings is 1. The summed E-state index contributed by atoms with van der Waals surface area (Å²) in [7, 11) is 0. The molecular weight excluding hydrogens is 190 g/mol. The zero-order chi connectivity index (χ0) is 11.1. The maximum atomic E-state index is 12.0. The number of carbonyl (C=O) groups is 1. The molecule has 1 aromatic carbocycles. The Bertz CT molecular complexity index is 414. The summed E-state index contributed by atoms with van der Waals surface area (Å²) in [4.78, 5) is 12.0. The van der Waals surface area contributed by atoms with Crippen molar-refractivity contribution in [3.05, 3.63) is 29.3 Å². The molecule has 2 rings (SSSR count). The molecule has 0 saturated carbocycles. The average molecular weight is 205 g/mol. The van der Waals surface area contributed by atoms with E-state index >= 15 is 0 Å². The van der Waals surface area contributed by atoms with E-state index in [4.69, 9.17) is 10.5 Å². The topological polar surface area (TPSA) is 52.3 Å². The minimum Gasteiger partial charge on any atom is -0.479 e. The van der Waals surface area contributed by atoms with Crippen molar-refractivity contribution in [2.75, 3.05) is 0 Å². The monoisotopic (exact) mass is 205 g/mol. The van der Waals surface area contributed by atoms with E-state index in [0.29, 0.717) is 24.3 Å². The normalized spacial score (nSPS) is 23.8. The van der Waals surface area contributed by atoms with Gasteiger partial charge in [0.1, 0.15) is 5.75 Å². The zero-order valence-electron chi connectivity index (χ0n) is 9.04. The fraction of sp³-hybridized carbons (Fsp3) is 0.417. The smallest absolute Gasteiger partial charge is 0.209 e. The average Bonchev–Trinajstić information content (AvgIpc) is 2.51. The lowest BCUT2D eigenvalue weighted by atomic mass is 9.95. The van der Waals surface area contributed by atoms with Crippen LogP contribution in [0.2, 0.25) is 0 Å². The van der Waals surface area contributed by atoms with Crippen molar-refractivity contribution in [2.45, 2.75) is 32.4 Å². The fourth-order valence-corrected chi connectivity index (χ4v) is 1.77. The van der Waals surface area contributed by atoms with Crippen LogP contribution in [0.4, 0.5) is 0 Å². The molecule has 0 amide bonds. The van der Waals surface area contributed by atoms with Crippen LogP contribution in [-0.2, 0) is 6.54 Å². The molecule has 2 N–H and O–H groups in total. The van der Waals surface area contributed by atoms with Crippen molar-refractivity contribution in [3.63, 3.8) is 0 Å². The van der Waals surface area contributed by atoms with Crippen LogP contribution in [0.3, 0.4) is 0 Å². The van der Waals surface area contributed by atoms with Gasteiger partial charge in [0.15, 0.2) is 5.60 Å². The SMILES string of the molecule is CCC1(C)Oc2cc(CN)ccc2C1=O. The largest absolute Gasteiger partial charge is 0.479 e. The van der Waals surface area contributed by atoms with E-state index in [1.54, 1.807) is 6.07 Å². The van der Waals surface area contributed by atoms with Gasteiger partial charge in [0.05, 0.1) is 5.56 Å². The molecule has 0 aliphatic carbocycles. The highest BCUT2D eigenvalue weighted by Gasteiger charge is 2.42. The van der Waals surface area contributed by atoms with E-state index in [-0.39, 0.29) is 5.78 Å². The Morgan fingerprint density at radius 2 is 2.20 bits per heavy atom. The molecule has 1 aliphatic heterocycles. The van der Waals surface area contributed by atoms with Crippen LogP contribution >= 0.6 is 0 Å². The predicted molar refractivity (Wildman–Crippen MR) is 58.0 cm³/mol. The van der Waals surface area contributed by atoms with Gasteiger partial charge in [-0.2, -0.15) is 0 Å². The first-order valence-electron chi connectivity index (χ1n) is 5.17. The van der Waals surface area contributed by atoms with E-state index in [1.807, 2.05) is 26.0 Å². The second kappa shape index (κ2) is 3.35. The van der Waals surface area contributed by atoms with Crippen LogP contribution in [0.25, 0.3) is 0 Å². The third-order valence-electron chi connectivity index (χ3n) is 3.02. The van der Waals surface area contributed by atoms with Crippen LogP contribution in [0.5, 0.6) is 5.75 Å². The van der Waals surface area contributed by atoms with Crippen LogP contribution in [0, 0.1) is 0 Å². The molecule has 3 nitrogen and oxygen atoms in total. The summed E-state index contributed by atoms with van der Waals surface area (Å²) in [6, 6.07) is 5.54. The first-order valence-corrected chi connectivity index (χ1v) is 5.17. The van der Waals surface area contributed by atoms with Gasteiger partial charge in [0.25, 0.3) is 0 Å². The summed E-state index contributed by atoms with van der Waals surface area (Å²) in [5, 5.41) is 0. The zero-order valence-corrected chi connectivity index (χ0v) is 9.04. The molecule has 1 atom stereocenters. The molecular formula is C12H15NO2. The molecule has 0 bridgehead atoms. The summed E-state index contributed by atoms with van der Waals surface area (Å²) in [6.07, 6.45) is 0.679. The molecule has 15 heavy (non-hydrogen) atoms. The van der Waals surface area contributed by atoms with Crippen LogP contribution in [-0.4, -0.2) is 11.4 Å². The molecule has 0 radical (unpaired) electrons. The highest BCUT2D eigenvalue weighted by molar-refractivity contribution is 6.07. The van der Waals surface area contributed by atoms with E-state index in [2.05, 4.69) is 0 Å². The third-order valence-corrected chi connectivity index (χ3v) is 3.02. The predicted octanol–water partition coefficient (Wildman–Crippen LogP) is 1.89. The molecule has 1 unspecified atom stereocenters. The molecule has 0 spiro atoms. The van der Waals surface area contributed by atoms with E-state index in [0.717, 1.165) is 5.56 Å². The number of hydrogen-bond acceptors (Lipinski definition) is 3. The maximum absolute atomic E-state index is 12.0. The number of ketones is 1. The third kappa shape index (κ3) is 1.43. The van der Waals surface area contributed by atoms with E-state index < -0.39 is 5.60 Å². The van der Waals surface area contributed by atoms with Gasteiger partial charge in [-0.3, -0.25) is 4.79 Å².